The van der Waals surface area contributed by atoms with E-state index in [0.717, 1.165) is 5.56 Å². The number of benzene rings is 3. The average Bonchev–Trinajstić information content (AvgIpc) is 2.73. The van der Waals surface area contributed by atoms with Crippen LogP contribution in [0.2, 0.25) is 5.02 Å². The Balaban J connectivity index is 1.79. The molecule has 0 aliphatic carbocycles. The molecule has 0 fully saturated rings. The molecule has 0 aromatic heterocycles. The van der Waals surface area contributed by atoms with Crippen LogP contribution >= 0.6 is 11.6 Å². The Morgan fingerprint density at radius 3 is 2.23 bits per heavy atom. The van der Waals surface area contributed by atoms with E-state index in [4.69, 9.17) is 21.1 Å². The largest absolute Gasteiger partial charge is 0.457 e. The van der Waals surface area contributed by atoms with Gasteiger partial charge in [-0.3, -0.25) is 4.79 Å². The molecule has 0 aliphatic rings. The van der Waals surface area contributed by atoms with Crippen molar-refractivity contribution < 1.29 is 18.7 Å². The van der Waals surface area contributed by atoms with E-state index >= 15 is 0 Å². The third-order valence-corrected chi connectivity index (χ3v) is 4.95. The van der Waals surface area contributed by atoms with Crippen molar-refractivity contribution in [3.05, 3.63) is 94.8 Å². The van der Waals surface area contributed by atoms with Gasteiger partial charge in [0, 0.05) is 16.7 Å². The number of ether oxygens (including phenoxy) is 2. The van der Waals surface area contributed by atoms with Crippen LogP contribution in [-0.4, -0.2) is 5.97 Å². The molecule has 0 N–H and O–H groups in total. The molecular weight excluding hydrogens is 417 g/mol. The summed E-state index contributed by atoms with van der Waals surface area (Å²) in [6, 6.07) is 21.4. The number of esters is 1. The van der Waals surface area contributed by atoms with Crippen LogP contribution < -0.4 is 4.74 Å². The van der Waals surface area contributed by atoms with E-state index in [9.17, 15) is 14.4 Å². The second-order valence-corrected chi connectivity index (χ2v) is 7.79. The Morgan fingerprint density at radius 2 is 1.61 bits per heavy atom. The van der Waals surface area contributed by atoms with Crippen LogP contribution in [0.1, 0.15) is 37.0 Å². The predicted molar refractivity (Wildman–Crippen MR) is 116 cm³/mol. The number of hydrogen-bond acceptors (Lipinski definition) is 4. The van der Waals surface area contributed by atoms with Crippen LogP contribution in [0.3, 0.4) is 0 Å². The first-order valence-electron chi connectivity index (χ1n) is 9.76. The van der Waals surface area contributed by atoms with Gasteiger partial charge in [-0.25, -0.2) is 4.39 Å². The third-order valence-electron chi connectivity index (χ3n) is 4.69. The molecule has 2 atom stereocenters. The van der Waals surface area contributed by atoms with Crippen molar-refractivity contribution in [2.24, 2.45) is 5.92 Å². The molecule has 0 saturated carbocycles. The van der Waals surface area contributed by atoms with Crippen LogP contribution in [0, 0.1) is 23.1 Å². The van der Waals surface area contributed by atoms with Gasteiger partial charge < -0.3 is 9.47 Å². The molecule has 0 aliphatic heterocycles. The summed E-state index contributed by atoms with van der Waals surface area (Å²) in [5.41, 5.74) is 1.23. The zero-order valence-corrected chi connectivity index (χ0v) is 17.8. The summed E-state index contributed by atoms with van der Waals surface area (Å²) >= 11 is 5.95. The van der Waals surface area contributed by atoms with Gasteiger partial charge in [0.1, 0.15) is 23.4 Å². The maximum Gasteiger partial charge on any atom is 0.315 e. The summed E-state index contributed by atoms with van der Waals surface area (Å²) < 4.78 is 24.6. The van der Waals surface area contributed by atoms with Gasteiger partial charge in [-0.15, -0.1) is 0 Å². The Morgan fingerprint density at radius 1 is 0.968 bits per heavy atom. The molecule has 0 radical (unpaired) electrons. The van der Waals surface area contributed by atoms with Gasteiger partial charge in [0.05, 0.1) is 5.92 Å². The molecule has 0 bridgehead atoms. The molecule has 3 rings (SSSR count). The van der Waals surface area contributed by atoms with Crippen LogP contribution in [0.15, 0.2) is 72.8 Å². The van der Waals surface area contributed by atoms with E-state index in [0.29, 0.717) is 22.1 Å². The van der Waals surface area contributed by atoms with Gasteiger partial charge >= 0.3 is 5.97 Å². The monoisotopic (exact) mass is 437 g/mol. The van der Waals surface area contributed by atoms with Crippen molar-refractivity contribution in [3.63, 3.8) is 0 Å². The molecular formula is C25H21ClFNO3. The normalized spacial score (nSPS) is 12.6. The van der Waals surface area contributed by atoms with E-state index in [-0.39, 0.29) is 5.92 Å². The second-order valence-electron chi connectivity index (χ2n) is 7.35. The van der Waals surface area contributed by atoms with Crippen LogP contribution in [-0.2, 0) is 9.53 Å². The Kier molecular flexibility index (Phi) is 7.28. The van der Waals surface area contributed by atoms with Gasteiger partial charge in [-0.1, -0.05) is 55.8 Å². The number of carbonyl (C=O) groups is 1. The van der Waals surface area contributed by atoms with Crippen molar-refractivity contribution in [1.82, 2.24) is 0 Å². The highest BCUT2D eigenvalue weighted by atomic mass is 35.5. The minimum Gasteiger partial charge on any atom is -0.457 e. The highest BCUT2D eigenvalue weighted by Crippen LogP contribution is 2.31. The topological polar surface area (TPSA) is 59.3 Å². The number of rotatable bonds is 7. The average molecular weight is 438 g/mol. The molecule has 3 aromatic rings. The minimum atomic E-state index is -1.11. The van der Waals surface area contributed by atoms with Crippen molar-refractivity contribution in [1.29, 1.82) is 5.26 Å². The lowest BCUT2D eigenvalue weighted by Gasteiger charge is -2.22. The third kappa shape index (κ3) is 5.84. The molecule has 0 amide bonds. The second kappa shape index (κ2) is 10.1. The number of nitriles is 1. The summed E-state index contributed by atoms with van der Waals surface area (Å²) in [6.45, 7) is 3.82. The van der Waals surface area contributed by atoms with E-state index < -0.39 is 23.8 Å². The zero-order valence-electron chi connectivity index (χ0n) is 17.1. The number of carbonyl (C=O) groups excluding carboxylic acids is 1. The molecule has 0 heterocycles. The van der Waals surface area contributed by atoms with Crippen LogP contribution in [0.5, 0.6) is 11.5 Å². The van der Waals surface area contributed by atoms with Gasteiger partial charge in [0.2, 0.25) is 6.10 Å². The molecule has 2 unspecified atom stereocenters. The van der Waals surface area contributed by atoms with Crippen molar-refractivity contribution in [3.8, 4) is 17.6 Å². The molecule has 3 aromatic carbocycles. The smallest absolute Gasteiger partial charge is 0.315 e. The first-order valence-corrected chi connectivity index (χ1v) is 10.1. The lowest BCUT2D eigenvalue weighted by Crippen LogP contribution is -2.22. The lowest BCUT2D eigenvalue weighted by atomic mass is 9.88. The SMILES string of the molecule is CC(C)C(C(=O)OC(C#N)c1cccc(Oc2cccc(F)c2)c1)c1ccc(Cl)cc1. The van der Waals surface area contributed by atoms with E-state index in [2.05, 4.69) is 0 Å². The Bertz CT molecular complexity index is 1090. The van der Waals surface area contributed by atoms with E-state index in [1.165, 1.54) is 18.2 Å². The zero-order chi connectivity index (χ0) is 22.4. The van der Waals surface area contributed by atoms with Gasteiger partial charge in [0.25, 0.3) is 0 Å². The fourth-order valence-corrected chi connectivity index (χ4v) is 3.36. The molecule has 4 nitrogen and oxygen atoms in total. The van der Waals surface area contributed by atoms with Crippen molar-refractivity contribution in [2.45, 2.75) is 25.9 Å². The summed E-state index contributed by atoms with van der Waals surface area (Å²) in [6.07, 6.45) is -1.11. The molecule has 0 saturated heterocycles. The fraction of sp³-hybridized carbons (Fsp3) is 0.200. The van der Waals surface area contributed by atoms with Crippen LogP contribution in [0.25, 0.3) is 0 Å². The summed E-state index contributed by atoms with van der Waals surface area (Å²) in [4.78, 5) is 12.9. The molecule has 6 heteroatoms. The quantitative estimate of drug-likeness (QED) is 0.380. The lowest BCUT2D eigenvalue weighted by molar-refractivity contribution is -0.150. The summed E-state index contributed by atoms with van der Waals surface area (Å²) in [5.74, 6) is -0.780. The predicted octanol–water partition coefficient (Wildman–Crippen LogP) is 6.82. The highest BCUT2D eigenvalue weighted by molar-refractivity contribution is 6.30. The first kappa shape index (κ1) is 22.3. The Hall–Kier alpha value is -3.36. The molecule has 31 heavy (non-hydrogen) atoms. The maximum absolute atomic E-state index is 13.4. The molecule has 0 spiro atoms. The van der Waals surface area contributed by atoms with E-state index in [1.807, 2.05) is 19.9 Å². The van der Waals surface area contributed by atoms with Gasteiger partial charge in [-0.05, 0) is 47.9 Å². The fourth-order valence-electron chi connectivity index (χ4n) is 3.23. The highest BCUT2D eigenvalue weighted by Gasteiger charge is 2.29. The Labute approximate surface area is 185 Å². The van der Waals surface area contributed by atoms with Crippen LogP contribution in [0.4, 0.5) is 4.39 Å². The molecule has 158 valence electrons. The summed E-state index contributed by atoms with van der Waals surface area (Å²) in [7, 11) is 0. The number of nitrogens with zero attached hydrogens (tertiary/aromatic N) is 1. The number of halogens is 2. The van der Waals surface area contributed by atoms with Gasteiger partial charge in [0.15, 0.2) is 0 Å². The van der Waals surface area contributed by atoms with Gasteiger partial charge in [-0.2, -0.15) is 5.26 Å². The minimum absolute atomic E-state index is 0.0457. The van der Waals surface area contributed by atoms with E-state index in [1.54, 1.807) is 54.6 Å². The maximum atomic E-state index is 13.4. The van der Waals surface area contributed by atoms with Crippen molar-refractivity contribution >= 4 is 17.6 Å². The standard InChI is InChI=1S/C25H21ClFNO3/c1-16(2)24(17-9-11-19(26)12-10-17)25(29)31-23(15-28)18-5-3-7-21(13-18)30-22-8-4-6-20(27)14-22/h3-14,16,23-24H,1-2H3. The van der Waals surface area contributed by atoms with Crippen molar-refractivity contribution in [2.75, 3.05) is 0 Å². The first-order chi connectivity index (χ1) is 14.9. The summed E-state index contributed by atoms with van der Waals surface area (Å²) in [5, 5.41) is 10.2. The number of hydrogen-bond donors (Lipinski definition) is 0.